The third kappa shape index (κ3) is 5.00. The molecule has 1 atom stereocenters. The minimum Gasteiger partial charge on any atom is -0.341 e. The first-order valence-electron chi connectivity index (χ1n) is 11.0. The molecule has 2 saturated heterocycles. The maximum Gasteiger partial charge on any atom is 0.251 e. The topological polar surface area (TPSA) is 61.4 Å². The van der Waals surface area contributed by atoms with E-state index in [1.807, 2.05) is 43.0 Å². The second kappa shape index (κ2) is 8.47. The van der Waals surface area contributed by atoms with Gasteiger partial charge in [-0.3, -0.25) is 9.59 Å². The van der Waals surface area contributed by atoms with Crippen LogP contribution in [0.2, 0.25) is 0 Å². The summed E-state index contributed by atoms with van der Waals surface area (Å²) in [5.41, 5.74) is 2.22. The molecule has 1 aromatic rings. The lowest BCUT2D eigenvalue weighted by Crippen LogP contribution is -2.54. The van der Waals surface area contributed by atoms with Crippen LogP contribution in [0.25, 0.3) is 0 Å². The molecule has 5 nitrogen and oxygen atoms in total. The molecule has 2 aliphatic rings. The van der Waals surface area contributed by atoms with E-state index in [1.54, 1.807) is 0 Å². The minimum atomic E-state index is -0.486. The minimum absolute atomic E-state index is 0.0457. The Hall–Kier alpha value is -1.88. The second-order valence-electron chi connectivity index (χ2n) is 10.3. The molecule has 2 fully saturated rings. The number of nitrogens with zero attached hydrogens (tertiary/aromatic N) is 1. The molecule has 29 heavy (non-hydrogen) atoms. The highest BCUT2D eigenvalue weighted by molar-refractivity contribution is 5.97. The maximum absolute atomic E-state index is 13.2. The number of amides is 2. The lowest BCUT2D eigenvalue weighted by Gasteiger charge is -2.40. The highest BCUT2D eigenvalue weighted by atomic mass is 16.2. The van der Waals surface area contributed by atoms with Gasteiger partial charge in [-0.1, -0.05) is 46.8 Å². The van der Waals surface area contributed by atoms with E-state index in [0.717, 1.165) is 39.0 Å². The Balaban J connectivity index is 1.63. The monoisotopic (exact) mass is 399 g/mol. The standard InChI is InChI=1S/C24H37N3O2/c1-17(2)20(22(29)27-14-11-24(12-15-27)10-13-25-16-24)26-21(28)18-6-8-19(9-7-18)23(3,4)5/h6-9,17,20,25H,10-16H2,1-5H3,(H,26,28). The Kier molecular flexibility index (Phi) is 6.37. The van der Waals surface area contributed by atoms with Gasteiger partial charge in [-0.2, -0.15) is 0 Å². The molecule has 2 heterocycles. The first kappa shape index (κ1) is 21.8. The van der Waals surface area contributed by atoms with Crippen molar-refractivity contribution in [1.82, 2.24) is 15.5 Å². The highest BCUT2D eigenvalue weighted by Crippen LogP contribution is 2.37. The van der Waals surface area contributed by atoms with E-state index in [-0.39, 0.29) is 23.1 Å². The van der Waals surface area contributed by atoms with E-state index in [9.17, 15) is 9.59 Å². The van der Waals surface area contributed by atoms with Crippen LogP contribution in [-0.4, -0.2) is 48.9 Å². The fraction of sp³-hybridized carbons (Fsp3) is 0.667. The van der Waals surface area contributed by atoms with E-state index in [2.05, 4.69) is 31.4 Å². The zero-order chi connectivity index (χ0) is 21.2. The van der Waals surface area contributed by atoms with Crippen molar-refractivity contribution in [2.24, 2.45) is 11.3 Å². The fourth-order valence-corrected chi connectivity index (χ4v) is 4.48. The molecule has 3 rings (SSSR count). The molecule has 1 unspecified atom stereocenters. The Labute approximate surface area is 175 Å². The van der Waals surface area contributed by atoms with E-state index < -0.39 is 6.04 Å². The Morgan fingerprint density at radius 1 is 1.07 bits per heavy atom. The summed E-state index contributed by atoms with van der Waals surface area (Å²) >= 11 is 0. The summed E-state index contributed by atoms with van der Waals surface area (Å²) in [4.78, 5) is 28.0. The molecular weight excluding hydrogens is 362 g/mol. The second-order valence-corrected chi connectivity index (χ2v) is 10.3. The maximum atomic E-state index is 13.2. The number of benzene rings is 1. The summed E-state index contributed by atoms with van der Waals surface area (Å²) in [5.74, 6) is -0.0734. The number of piperidine rings is 1. The van der Waals surface area contributed by atoms with Gasteiger partial charge < -0.3 is 15.5 Å². The van der Waals surface area contributed by atoms with E-state index in [4.69, 9.17) is 0 Å². The van der Waals surface area contributed by atoms with Gasteiger partial charge in [0.15, 0.2) is 0 Å². The molecule has 0 saturated carbocycles. The van der Waals surface area contributed by atoms with Crippen LogP contribution >= 0.6 is 0 Å². The predicted octanol–water partition coefficient (Wildman–Crippen LogP) is 3.34. The van der Waals surface area contributed by atoms with Crippen LogP contribution in [-0.2, 0) is 10.2 Å². The Morgan fingerprint density at radius 3 is 2.17 bits per heavy atom. The summed E-state index contributed by atoms with van der Waals surface area (Å²) in [6.45, 7) is 14.2. The zero-order valence-corrected chi connectivity index (χ0v) is 18.7. The van der Waals surface area contributed by atoms with Gasteiger partial charge in [-0.25, -0.2) is 0 Å². The van der Waals surface area contributed by atoms with Crippen LogP contribution in [0.15, 0.2) is 24.3 Å². The first-order valence-corrected chi connectivity index (χ1v) is 11.0. The number of carbonyl (C=O) groups excluding carboxylic acids is 2. The molecule has 1 aromatic carbocycles. The molecule has 1 spiro atoms. The average molecular weight is 400 g/mol. The van der Waals surface area contributed by atoms with Gasteiger partial charge >= 0.3 is 0 Å². The van der Waals surface area contributed by atoms with Crippen molar-refractivity contribution in [3.63, 3.8) is 0 Å². The molecule has 5 heteroatoms. The smallest absolute Gasteiger partial charge is 0.251 e. The van der Waals surface area contributed by atoms with Crippen LogP contribution in [0.1, 0.15) is 69.8 Å². The van der Waals surface area contributed by atoms with Crippen LogP contribution in [0.4, 0.5) is 0 Å². The number of likely N-dealkylation sites (tertiary alicyclic amines) is 1. The lowest BCUT2D eigenvalue weighted by atomic mass is 9.77. The van der Waals surface area contributed by atoms with Gasteiger partial charge in [0.2, 0.25) is 5.91 Å². The van der Waals surface area contributed by atoms with Crippen LogP contribution < -0.4 is 10.6 Å². The van der Waals surface area contributed by atoms with Gasteiger partial charge in [0.05, 0.1) is 0 Å². The molecule has 2 aliphatic heterocycles. The van der Waals surface area contributed by atoms with Crippen molar-refractivity contribution in [2.75, 3.05) is 26.2 Å². The summed E-state index contributed by atoms with van der Waals surface area (Å²) in [7, 11) is 0. The van der Waals surface area contributed by atoms with E-state index in [0.29, 0.717) is 11.0 Å². The van der Waals surface area contributed by atoms with Crippen molar-refractivity contribution in [3.8, 4) is 0 Å². The van der Waals surface area contributed by atoms with Crippen LogP contribution in [0.3, 0.4) is 0 Å². The summed E-state index contributed by atoms with van der Waals surface area (Å²) in [6.07, 6.45) is 3.32. The van der Waals surface area contributed by atoms with Crippen LogP contribution in [0.5, 0.6) is 0 Å². The highest BCUT2D eigenvalue weighted by Gasteiger charge is 2.39. The van der Waals surface area contributed by atoms with Gasteiger partial charge in [0.1, 0.15) is 6.04 Å². The Bertz CT molecular complexity index is 717. The summed E-state index contributed by atoms with van der Waals surface area (Å²) in [6, 6.07) is 7.23. The molecule has 0 bridgehead atoms. The molecule has 0 radical (unpaired) electrons. The lowest BCUT2D eigenvalue weighted by molar-refractivity contribution is -0.136. The van der Waals surface area contributed by atoms with E-state index >= 15 is 0 Å². The fourth-order valence-electron chi connectivity index (χ4n) is 4.48. The molecule has 0 aromatic heterocycles. The van der Waals surface area contributed by atoms with Crippen molar-refractivity contribution < 1.29 is 9.59 Å². The third-order valence-corrected chi connectivity index (χ3v) is 6.70. The van der Waals surface area contributed by atoms with Gasteiger partial charge in [-0.05, 0) is 60.3 Å². The van der Waals surface area contributed by atoms with E-state index in [1.165, 1.54) is 12.0 Å². The number of hydrogen-bond acceptors (Lipinski definition) is 3. The van der Waals surface area contributed by atoms with Gasteiger partial charge in [-0.15, -0.1) is 0 Å². The zero-order valence-electron chi connectivity index (χ0n) is 18.7. The molecule has 0 aliphatic carbocycles. The third-order valence-electron chi connectivity index (χ3n) is 6.70. The summed E-state index contributed by atoms with van der Waals surface area (Å²) < 4.78 is 0. The predicted molar refractivity (Wildman–Crippen MR) is 117 cm³/mol. The quantitative estimate of drug-likeness (QED) is 0.816. The number of carbonyl (C=O) groups is 2. The molecule has 2 N–H and O–H groups in total. The molecule has 160 valence electrons. The largest absolute Gasteiger partial charge is 0.341 e. The Morgan fingerprint density at radius 2 is 1.69 bits per heavy atom. The van der Waals surface area contributed by atoms with Crippen molar-refractivity contribution in [3.05, 3.63) is 35.4 Å². The molecule has 2 amide bonds. The van der Waals surface area contributed by atoms with Crippen molar-refractivity contribution in [1.29, 1.82) is 0 Å². The van der Waals surface area contributed by atoms with Crippen molar-refractivity contribution in [2.45, 2.75) is 65.3 Å². The summed E-state index contributed by atoms with van der Waals surface area (Å²) in [5, 5.41) is 6.47. The SMILES string of the molecule is CC(C)C(NC(=O)c1ccc(C(C)(C)C)cc1)C(=O)N1CCC2(CCNC2)CC1. The molecular formula is C24H37N3O2. The van der Waals surface area contributed by atoms with Crippen molar-refractivity contribution >= 4 is 11.8 Å². The normalized spacial score (nSPS) is 20.1. The van der Waals surface area contributed by atoms with Gasteiger partial charge in [0, 0.05) is 25.2 Å². The number of hydrogen-bond donors (Lipinski definition) is 2. The number of nitrogens with one attached hydrogen (secondary N) is 2. The average Bonchev–Trinajstić information content (AvgIpc) is 3.13. The first-order chi connectivity index (χ1) is 13.6. The number of rotatable bonds is 4. The van der Waals surface area contributed by atoms with Crippen LogP contribution in [0, 0.1) is 11.3 Å². The van der Waals surface area contributed by atoms with Gasteiger partial charge in [0.25, 0.3) is 5.91 Å².